The molecule has 1 spiro atoms. The molecule has 0 saturated carbocycles. The molecule has 2 fully saturated rings. The Labute approximate surface area is 216 Å². The number of aliphatic hydroxyl groups is 1. The molecule has 4 aliphatic heterocycles. The van der Waals surface area contributed by atoms with Gasteiger partial charge in [-0.05, 0) is 32.4 Å². The Morgan fingerprint density at radius 3 is 2.50 bits per heavy atom. The van der Waals surface area contributed by atoms with E-state index in [-0.39, 0.29) is 30.9 Å². The van der Waals surface area contributed by atoms with E-state index in [1.807, 2.05) is 32.1 Å². The molecule has 36 heavy (non-hydrogen) atoms. The van der Waals surface area contributed by atoms with Crippen LogP contribution in [0, 0.1) is 11.8 Å². The number of ether oxygens (including phenoxy) is 1. The van der Waals surface area contributed by atoms with Crippen molar-refractivity contribution in [2.24, 2.45) is 11.8 Å². The molecule has 4 heterocycles. The fraction of sp³-hybridized carbons (Fsp3) is 0.519. The van der Waals surface area contributed by atoms with E-state index in [9.17, 15) is 19.5 Å². The van der Waals surface area contributed by atoms with Gasteiger partial charge in [0.15, 0.2) is 0 Å². The van der Waals surface area contributed by atoms with Gasteiger partial charge in [0.1, 0.15) is 11.6 Å². The number of benzene rings is 1. The second-order valence-electron chi connectivity index (χ2n) is 10.3. The molecule has 3 amide bonds. The number of anilines is 1. The molecule has 1 aromatic carbocycles. The highest BCUT2D eigenvalue weighted by Crippen LogP contribution is 2.58. The summed E-state index contributed by atoms with van der Waals surface area (Å²) in [7, 11) is 0. The maximum Gasteiger partial charge on any atom is 0.253 e. The van der Waals surface area contributed by atoms with Gasteiger partial charge in [-0.3, -0.25) is 14.4 Å². The summed E-state index contributed by atoms with van der Waals surface area (Å²) in [5, 5.41) is 10.5. The molecule has 0 radical (unpaired) electrons. The number of amides is 3. The standard InChI is InChI=1S/C27H32ClN3O5/c1-4-13-29-14-7-11-26(3)20(23(29)33)21-24(34)31(17(2)16-32)22-25(35)30(15-8-12-27(21,22)36-26)19-10-6-5-9-18(19)28/h5-12,17,20-22,32H,4,13-16H2,1-3H3/t17-,20-,21+,22?,26+,27+/m1/s1. The summed E-state index contributed by atoms with van der Waals surface area (Å²) in [5.41, 5.74) is -1.89. The van der Waals surface area contributed by atoms with Crippen LogP contribution in [-0.4, -0.2) is 82.2 Å². The second kappa shape index (κ2) is 9.01. The molecule has 4 aliphatic rings. The first-order chi connectivity index (χ1) is 17.2. The van der Waals surface area contributed by atoms with Crippen molar-refractivity contribution in [1.29, 1.82) is 0 Å². The van der Waals surface area contributed by atoms with Gasteiger partial charge >= 0.3 is 0 Å². The monoisotopic (exact) mass is 513 g/mol. The number of carbonyl (C=O) groups excluding carboxylic acids is 3. The topological polar surface area (TPSA) is 90.4 Å². The highest BCUT2D eigenvalue weighted by atomic mass is 35.5. The van der Waals surface area contributed by atoms with Gasteiger partial charge in [-0.25, -0.2) is 0 Å². The number of para-hydroxylation sites is 1. The number of fused-ring (bicyclic) bond motifs is 2. The van der Waals surface area contributed by atoms with Gasteiger partial charge in [0, 0.05) is 19.6 Å². The van der Waals surface area contributed by atoms with Gasteiger partial charge in [0.05, 0.1) is 40.8 Å². The Kier molecular flexibility index (Phi) is 6.25. The zero-order valence-electron chi connectivity index (χ0n) is 20.8. The molecule has 2 saturated heterocycles. The SMILES string of the molecule is CCCN1CC=C[C@]2(C)O[C@]34C=CCN(c5ccccc5Cl)C(=O)C3N([C@H](C)CO)C(=O)[C@@H]4[C@@H]2C1=O. The largest absolute Gasteiger partial charge is 0.394 e. The van der Waals surface area contributed by atoms with Crippen molar-refractivity contribution in [1.82, 2.24) is 9.80 Å². The Morgan fingerprint density at radius 2 is 1.81 bits per heavy atom. The summed E-state index contributed by atoms with van der Waals surface area (Å²) in [4.78, 5) is 47.0. The van der Waals surface area contributed by atoms with Crippen LogP contribution in [-0.2, 0) is 19.1 Å². The van der Waals surface area contributed by atoms with Crippen LogP contribution in [0.15, 0.2) is 48.6 Å². The lowest BCUT2D eigenvalue weighted by atomic mass is 9.74. The average Bonchev–Trinajstić information content (AvgIpc) is 3.13. The van der Waals surface area contributed by atoms with E-state index in [0.29, 0.717) is 23.8 Å². The Bertz CT molecular complexity index is 1150. The number of rotatable bonds is 5. The summed E-state index contributed by atoms with van der Waals surface area (Å²) in [5.74, 6) is -2.55. The van der Waals surface area contributed by atoms with Gasteiger partial charge in [-0.15, -0.1) is 0 Å². The summed E-state index contributed by atoms with van der Waals surface area (Å²) < 4.78 is 6.76. The van der Waals surface area contributed by atoms with E-state index in [1.54, 1.807) is 47.1 Å². The predicted molar refractivity (Wildman–Crippen MR) is 135 cm³/mol. The van der Waals surface area contributed by atoms with E-state index in [0.717, 1.165) is 6.42 Å². The maximum absolute atomic E-state index is 14.3. The number of aliphatic hydroxyl groups excluding tert-OH is 1. The predicted octanol–water partition coefficient (Wildman–Crippen LogP) is 2.40. The Hall–Kier alpha value is -2.68. The van der Waals surface area contributed by atoms with Gasteiger partial charge in [0.2, 0.25) is 11.8 Å². The lowest BCUT2D eigenvalue weighted by Crippen LogP contribution is -2.58. The van der Waals surface area contributed by atoms with Crippen LogP contribution in [0.5, 0.6) is 0 Å². The number of nitrogens with zero attached hydrogens (tertiary/aromatic N) is 3. The minimum Gasteiger partial charge on any atom is -0.394 e. The van der Waals surface area contributed by atoms with E-state index in [1.165, 1.54) is 4.90 Å². The van der Waals surface area contributed by atoms with Gasteiger partial charge in [-0.2, -0.15) is 0 Å². The van der Waals surface area contributed by atoms with Crippen LogP contribution in [0.25, 0.3) is 0 Å². The summed E-state index contributed by atoms with van der Waals surface area (Å²) in [6.45, 7) is 6.46. The normalized spacial score (nSPS) is 34.4. The lowest BCUT2D eigenvalue weighted by Gasteiger charge is -2.39. The van der Waals surface area contributed by atoms with Crippen molar-refractivity contribution in [2.75, 3.05) is 31.1 Å². The summed E-state index contributed by atoms with van der Waals surface area (Å²) in [6, 6.07) is 5.35. The zero-order chi connectivity index (χ0) is 25.8. The van der Waals surface area contributed by atoms with Crippen LogP contribution in [0.1, 0.15) is 27.2 Å². The van der Waals surface area contributed by atoms with Gasteiger partial charge < -0.3 is 24.5 Å². The van der Waals surface area contributed by atoms with Crippen LogP contribution in [0.2, 0.25) is 5.02 Å². The minimum atomic E-state index is -1.36. The second-order valence-corrected chi connectivity index (χ2v) is 10.7. The fourth-order valence-electron chi connectivity index (χ4n) is 6.43. The highest BCUT2D eigenvalue weighted by molar-refractivity contribution is 6.34. The van der Waals surface area contributed by atoms with E-state index in [2.05, 4.69) is 0 Å². The smallest absolute Gasteiger partial charge is 0.253 e. The van der Waals surface area contributed by atoms with Crippen molar-refractivity contribution < 1.29 is 24.2 Å². The van der Waals surface area contributed by atoms with Crippen molar-refractivity contribution in [3.8, 4) is 0 Å². The third-order valence-electron chi connectivity index (χ3n) is 7.95. The average molecular weight is 514 g/mol. The van der Waals surface area contributed by atoms with E-state index >= 15 is 0 Å². The summed E-state index contributed by atoms with van der Waals surface area (Å²) >= 11 is 6.46. The molecular formula is C27H32ClN3O5. The van der Waals surface area contributed by atoms with Crippen LogP contribution >= 0.6 is 11.6 Å². The molecule has 192 valence electrons. The van der Waals surface area contributed by atoms with E-state index < -0.39 is 35.1 Å². The number of hydrogen-bond donors (Lipinski definition) is 1. The summed E-state index contributed by atoms with van der Waals surface area (Å²) in [6.07, 6.45) is 8.19. The van der Waals surface area contributed by atoms with Gasteiger partial charge in [-0.1, -0.05) is 55.0 Å². The third-order valence-corrected chi connectivity index (χ3v) is 8.27. The number of likely N-dealkylation sites (tertiary alicyclic amines) is 1. The maximum atomic E-state index is 14.3. The fourth-order valence-corrected chi connectivity index (χ4v) is 6.67. The molecule has 1 aromatic rings. The molecule has 0 aliphatic carbocycles. The lowest BCUT2D eigenvalue weighted by molar-refractivity contribution is -0.150. The molecule has 1 N–H and O–H groups in total. The van der Waals surface area contributed by atoms with Crippen LogP contribution < -0.4 is 4.90 Å². The van der Waals surface area contributed by atoms with E-state index in [4.69, 9.17) is 16.3 Å². The highest BCUT2D eigenvalue weighted by Gasteiger charge is 2.75. The molecular weight excluding hydrogens is 482 g/mol. The number of hydrogen-bond acceptors (Lipinski definition) is 5. The molecule has 1 unspecified atom stereocenters. The molecule has 0 aromatic heterocycles. The van der Waals surface area contributed by atoms with Crippen LogP contribution in [0.3, 0.4) is 0 Å². The Morgan fingerprint density at radius 1 is 1.08 bits per heavy atom. The first kappa shape index (κ1) is 25.0. The molecule has 8 nitrogen and oxygen atoms in total. The van der Waals surface area contributed by atoms with Crippen LogP contribution in [0.4, 0.5) is 5.69 Å². The minimum absolute atomic E-state index is 0.148. The first-order valence-electron chi connectivity index (χ1n) is 12.5. The number of halogens is 1. The molecule has 6 atom stereocenters. The first-order valence-corrected chi connectivity index (χ1v) is 12.9. The zero-order valence-corrected chi connectivity index (χ0v) is 21.5. The van der Waals surface area contributed by atoms with Crippen molar-refractivity contribution >= 4 is 35.0 Å². The van der Waals surface area contributed by atoms with Crippen molar-refractivity contribution in [3.05, 3.63) is 53.6 Å². The Balaban J connectivity index is 1.67. The van der Waals surface area contributed by atoms with Crippen molar-refractivity contribution in [2.45, 2.75) is 50.5 Å². The number of carbonyl (C=O) groups is 3. The molecule has 5 rings (SSSR count). The molecule has 9 heteroatoms. The molecule has 0 bridgehead atoms. The third kappa shape index (κ3) is 3.45. The van der Waals surface area contributed by atoms with Gasteiger partial charge in [0.25, 0.3) is 5.91 Å². The van der Waals surface area contributed by atoms with Crippen molar-refractivity contribution in [3.63, 3.8) is 0 Å². The quantitative estimate of drug-likeness (QED) is 0.611.